The lowest BCUT2D eigenvalue weighted by atomic mass is 9.99. The summed E-state index contributed by atoms with van der Waals surface area (Å²) in [5.74, 6) is -0.159. The first-order valence-electron chi connectivity index (χ1n) is 21.3. The number of carbonyl (C=O) groups is 3. The van der Waals surface area contributed by atoms with Crippen LogP contribution < -0.4 is 36.9 Å². The van der Waals surface area contributed by atoms with E-state index in [1.807, 2.05) is 48.5 Å². The fourth-order valence-electron chi connectivity index (χ4n) is 7.97. The summed E-state index contributed by atoms with van der Waals surface area (Å²) in [6.07, 6.45) is 11.6. The average Bonchev–Trinajstić information content (AvgIpc) is 3.31. The fourth-order valence-corrected chi connectivity index (χ4v) is 8.09. The maximum atomic E-state index is 13.4. The van der Waals surface area contributed by atoms with E-state index < -0.39 is 18.0 Å². The lowest BCUT2D eigenvalue weighted by Crippen LogP contribution is -2.60. The smallest absolute Gasteiger partial charge is 0.274 e. The molecule has 17 nitrogen and oxygen atoms in total. The number of aromatic nitrogens is 4. The Morgan fingerprint density at radius 1 is 0.750 bits per heavy atom. The Bertz CT molecular complexity index is 2160. The van der Waals surface area contributed by atoms with Gasteiger partial charge in [0, 0.05) is 37.6 Å². The van der Waals surface area contributed by atoms with Gasteiger partial charge in [0.1, 0.15) is 11.5 Å². The zero-order chi connectivity index (χ0) is 45.3. The SMILES string of the molecule is Nc1nc(N)c(C(=O)N[C@H]2CCC[N+](CCCc3ccc(OCC(=O)NC(CO)c4cccnc4)cc3)(CCCc3ccc(OCC(=O)NC(CO)c4cccnc4)cc3)C2)nc1Cl. The zero-order valence-corrected chi connectivity index (χ0v) is 36.3. The number of piperidine rings is 1. The third kappa shape index (κ3) is 13.8. The van der Waals surface area contributed by atoms with Crippen LogP contribution in [-0.4, -0.2) is 111 Å². The van der Waals surface area contributed by atoms with Crippen molar-refractivity contribution in [3.63, 3.8) is 0 Å². The monoisotopic (exact) mass is 895 g/mol. The van der Waals surface area contributed by atoms with Crippen LogP contribution in [0, 0.1) is 0 Å². The average molecular weight is 896 g/mol. The highest BCUT2D eigenvalue weighted by atomic mass is 35.5. The highest BCUT2D eigenvalue weighted by molar-refractivity contribution is 6.31. The van der Waals surface area contributed by atoms with Gasteiger partial charge in [0.2, 0.25) is 0 Å². The summed E-state index contributed by atoms with van der Waals surface area (Å²) in [5, 5.41) is 28.1. The third-order valence-corrected chi connectivity index (χ3v) is 11.5. The van der Waals surface area contributed by atoms with Gasteiger partial charge in [-0.05, 0) is 84.3 Å². The number of hydrogen-bond acceptors (Lipinski definition) is 13. The molecule has 1 aliphatic rings. The topological polar surface area (TPSA) is 250 Å². The van der Waals surface area contributed by atoms with Crippen LogP contribution in [0.15, 0.2) is 97.6 Å². The van der Waals surface area contributed by atoms with E-state index in [-0.39, 0.29) is 66.8 Å². The molecule has 9 N–H and O–H groups in total. The number of ether oxygens (including phenoxy) is 2. The zero-order valence-electron chi connectivity index (χ0n) is 35.6. The molecule has 0 aliphatic carbocycles. The van der Waals surface area contributed by atoms with Crippen molar-refractivity contribution >= 4 is 41.0 Å². The number of amides is 3. The predicted octanol–water partition coefficient (Wildman–Crippen LogP) is 3.52. The van der Waals surface area contributed by atoms with E-state index in [1.165, 1.54) is 0 Å². The molecule has 1 fully saturated rings. The molecule has 6 rings (SSSR count). The van der Waals surface area contributed by atoms with Crippen LogP contribution in [0.25, 0.3) is 0 Å². The molecule has 18 heteroatoms. The predicted molar refractivity (Wildman–Crippen MR) is 241 cm³/mol. The molecule has 0 radical (unpaired) electrons. The second-order valence-electron chi connectivity index (χ2n) is 15.9. The largest absolute Gasteiger partial charge is 0.484 e. The highest BCUT2D eigenvalue weighted by Gasteiger charge is 2.36. The lowest BCUT2D eigenvalue weighted by molar-refractivity contribution is -0.933. The number of nitrogens with zero attached hydrogens (tertiary/aromatic N) is 5. The Morgan fingerprint density at radius 2 is 1.27 bits per heavy atom. The minimum Gasteiger partial charge on any atom is -0.484 e. The van der Waals surface area contributed by atoms with E-state index in [9.17, 15) is 24.6 Å². The Balaban J connectivity index is 1.02. The van der Waals surface area contributed by atoms with Crippen LogP contribution >= 0.6 is 11.6 Å². The van der Waals surface area contributed by atoms with Crippen LogP contribution in [0.2, 0.25) is 5.15 Å². The maximum absolute atomic E-state index is 13.4. The molecule has 0 bridgehead atoms. The first-order valence-corrected chi connectivity index (χ1v) is 21.7. The van der Waals surface area contributed by atoms with E-state index >= 15 is 0 Å². The molecule has 3 aromatic heterocycles. The molecule has 0 saturated carbocycles. The Labute approximate surface area is 377 Å². The first-order chi connectivity index (χ1) is 31.0. The van der Waals surface area contributed by atoms with Gasteiger partial charge in [0.15, 0.2) is 35.7 Å². The van der Waals surface area contributed by atoms with E-state index in [0.717, 1.165) is 80.3 Å². The number of quaternary nitrogens is 1. The van der Waals surface area contributed by atoms with Gasteiger partial charge in [-0.3, -0.25) is 24.4 Å². The molecule has 64 heavy (non-hydrogen) atoms. The number of carbonyl (C=O) groups excluding carboxylic acids is 3. The number of aryl methyl sites for hydroxylation is 2. The van der Waals surface area contributed by atoms with Crippen LogP contribution in [0.3, 0.4) is 0 Å². The number of aliphatic hydroxyl groups excluding tert-OH is 2. The number of anilines is 2. The van der Waals surface area contributed by atoms with Gasteiger partial charge in [0.05, 0.1) is 57.5 Å². The molecule has 338 valence electrons. The van der Waals surface area contributed by atoms with E-state index in [2.05, 4.69) is 35.9 Å². The number of rotatable bonds is 22. The Hall–Kier alpha value is -6.40. The number of halogens is 1. The number of nitrogens with one attached hydrogen (secondary N) is 3. The summed E-state index contributed by atoms with van der Waals surface area (Å²) >= 11 is 6.09. The summed E-state index contributed by atoms with van der Waals surface area (Å²) in [7, 11) is 0. The van der Waals surface area contributed by atoms with Crippen molar-refractivity contribution in [1.82, 2.24) is 35.9 Å². The van der Waals surface area contributed by atoms with E-state index in [0.29, 0.717) is 22.6 Å². The fraction of sp³-hybridized carbons (Fsp3) is 0.370. The molecule has 3 amide bonds. The summed E-state index contributed by atoms with van der Waals surface area (Å²) in [5.41, 5.74) is 15.4. The highest BCUT2D eigenvalue weighted by Crippen LogP contribution is 2.25. The van der Waals surface area contributed by atoms with Crippen molar-refractivity contribution in [3.05, 3.63) is 131 Å². The summed E-state index contributed by atoms with van der Waals surface area (Å²) in [6.45, 7) is 2.53. The van der Waals surface area contributed by atoms with Crippen LogP contribution in [0.5, 0.6) is 11.5 Å². The molecule has 0 spiro atoms. The Kier molecular flexibility index (Phi) is 17.2. The number of hydrogen-bond donors (Lipinski definition) is 7. The number of aliphatic hydroxyl groups is 2. The van der Waals surface area contributed by atoms with Gasteiger partial charge in [-0.1, -0.05) is 48.0 Å². The number of pyridine rings is 2. The third-order valence-electron chi connectivity index (χ3n) is 11.2. The second kappa shape index (κ2) is 23.3. The lowest BCUT2D eigenvalue weighted by Gasteiger charge is -2.45. The first kappa shape index (κ1) is 47.1. The normalized spacial score (nSPS) is 16.8. The molecule has 2 unspecified atom stereocenters. The van der Waals surface area contributed by atoms with Gasteiger partial charge < -0.3 is 51.6 Å². The molecule has 3 atom stereocenters. The van der Waals surface area contributed by atoms with Crippen molar-refractivity contribution in [1.29, 1.82) is 0 Å². The van der Waals surface area contributed by atoms with Crippen LogP contribution in [0.1, 0.15) is 70.5 Å². The molecule has 2 aromatic carbocycles. The number of nitrogens with two attached hydrogens (primary N) is 2. The molecule has 1 saturated heterocycles. The molecule has 4 heterocycles. The summed E-state index contributed by atoms with van der Waals surface area (Å²) < 4.78 is 12.3. The van der Waals surface area contributed by atoms with E-state index in [4.69, 9.17) is 32.5 Å². The second-order valence-corrected chi connectivity index (χ2v) is 16.2. The van der Waals surface area contributed by atoms with Gasteiger partial charge in [-0.25, -0.2) is 9.97 Å². The summed E-state index contributed by atoms with van der Waals surface area (Å²) in [4.78, 5) is 54.7. The van der Waals surface area contributed by atoms with Gasteiger partial charge >= 0.3 is 0 Å². The van der Waals surface area contributed by atoms with Gasteiger partial charge in [-0.15, -0.1) is 0 Å². The quantitative estimate of drug-likeness (QED) is 0.0492. The molecular weight excluding hydrogens is 840 g/mol. The van der Waals surface area contributed by atoms with Gasteiger partial charge in [0.25, 0.3) is 17.7 Å². The minimum atomic E-state index is -0.577. The van der Waals surface area contributed by atoms with Crippen molar-refractivity contribution in [3.8, 4) is 11.5 Å². The maximum Gasteiger partial charge on any atom is 0.274 e. The standard InChI is InChI=1S/C46H55ClN10O7/c47-43-45(49)56-44(48)42(55-43)46(62)52-35-10-5-23-57(26-35,21-3-6-31-11-15-36(16-12-31)63-29-40(60)53-38(27-58)33-8-1-19-50-24-33)22-4-7-32-13-17-37(18-14-32)64-30-41(61)54-39(28-59)34-9-2-20-51-25-34/h1-2,8-9,11-20,24-25,35,38-39,58-59H,3-7,10,21-23,26-30H2,(H6-,48,49,52,53,54,56,60,61,62)/p+1/t35-,38?,39?,57?/m0/s1. The van der Waals surface area contributed by atoms with E-state index in [1.54, 1.807) is 49.1 Å². The Morgan fingerprint density at radius 3 is 1.73 bits per heavy atom. The number of benzene rings is 2. The van der Waals surface area contributed by atoms with Crippen molar-refractivity contribution in [2.24, 2.45) is 0 Å². The van der Waals surface area contributed by atoms with Crippen LogP contribution in [-0.2, 0) is 22.4 Å². The molecule has 5 aromatic rings. The number of nitrogen functional groups attached to an aromatic ring is 2. The van der Waals surface area contributed by atoms with Crippen molar-refractivity contribution < 1.29 is 38.6 Å². The minimum absolute atomic E-state index is 0.0395. The molecule has 1 aliphatic heterocycles. The van der Waals surface area contributed by atoms with Crippen molar-refractivity contribution in [2.45, 2.75) is 56.7 Å². The van der Waals surface area contributed by atoms with Crippen molar-refractivity contribution in [2.75, 3.05) is 64.1 Å². The number of likely N-dealkylation sites (tertiary alicyclic amines) is 1. The van der Waals surface area contributed by atoms with Gasteiger partial charge in [-0.2, -0.15) is 0 Å². The molecular formula is C46H56ClN10O7+. The summed E-state index contributed by atoms with van der Waals surface area (Å²) in [6, 6.07) is 21.2. The van der Waals surface area contributed by atoms with Crippen LogP contribution in [0.4, 0.5) is 11.6 Å².